The second-order valence-corrected chi connectivity index (χ2v) is 1.43. The van der Waals surface area contributed by atoms with Crippen molar-refractivity contribution in [2.24, 2.45) is 0 Å². The molecule has 0 rings (SSSR count). The third-order valence-corrected chi connectivity index (χ3v) is 0.762. The number of unbranched alkanes of at least 4 members (excludes halogenated alkanes) is 2. The van der Waals surface area contributed by atoms with Crippen LogP contribution in [0.15, 0.2) is 12.7 Å². The molecule has 1 heteroatoms. The van der Waals surface area contributed by atoms with Gasteiger partial charge in [-0.05, 0) is 6.42 Å². The van der Waals surface area contributed by atoms with Crippen LogP contribution in [0.2, 0.25) is 0 Å². The summed E-state index contributed by atoms with van der Waals surface area (Å²) < 4.78 is 0. The zero-order valence-electron chi connectivity index (χ0n) is 4.41. The second-order valence-electron chi connectivity index (χ2n) is 1.43. The second kappa shape index (κ2) is 10.1. The van der Waals surface area contributed by atoms with E-state index in [0.717, 1.165) is 0 Å². The first-order valence-electron chi connectivity index (χ1n) is 2.52. The van der Waals surface area contributed by atoms with E-state index in [0.29, 0.717) is 0 Å². The van der Waals surface area contributed by atoms with Crippen LogP contribution in [0.4, 0.5) is 0 Å². The molecule has 0 heterocycles. The monoisotopic (exact) mass is 126 g/mol. The molecule has 0 atom stereocenters. The molecule has 40 valence electrons. The van der Waals surface area contributed by atoms with Crippen molar-refractivity contribution in [3.63, 3.8) is 0 Å². The molecule has 0 bridgehead atoms. The summed E-state index contributed by atoms with van der Waals surface area (Å²) in [7, 11) is 0. The molecule has 0 amide bonds. The fraction of sp³-hybridized carbons (Fsp3) is 0.667. The minimum absolute atomic E-state index is 0. The van der Waals surface area contributed by atoms with Crippen molar-refractivity contribution in [2.45, 2.75) is 26.2 Å². The van der Waals surface area contributed by atoms with Crippen LogP contribution in [0.3, 0.4) is 0 Å². The van der Waals surface area contributed by atoms with E-state index < -0.39 is 0 Å². The van der Waals surface area contributed by atoms with E-state index in [1.165, 1.54) is 19.3 Å². The van der Waals surface area contributed by atoms with Gasteiger partial charge in [-0.3, -0.25) is 0 Å². The fourth-order valence-corrected chi connectivity index (χ4v) is 0.348. The molecular formula is C6H14Ca. The molecular weight excluding hydrogens is 112 g/mol. The Morgan fingerprint density at radius 1 is 1.57 bits per heavy atom. The Hall–Kier alpha value is 1.000. The van der Waals surface area contributed by atoms with Crippen molar-refractivity contribution in [3.8, 4) is 0 Å². The molecule has 0 aromatic carbocycles. The molecule has 0 aliphatic heterocycles. The summed E-state index contributed by atoms with van der Waals surface area (Å²) in [6, 6.07) is 0. The van der Waals surface area contributed by atoms with E-state index in [9.17, 15) is 0 Å². The zero-order valence-corrected chi connectivity index (χ0v) is 4.41. The van der Waals surface area contributed by atoms with Crippen molar-refractivity contribution in [1.82, 2.24) is 0 Å². The van der Waals surface area contributed by atoms with Crippen LogP contribution in [0.1, 0.15) is 26.2 Å². The molecule has 0 aromatic rings. The average molecular weight is 126 g/mol. The predicted molar refractivity (Wildman–Crippen MR) is 38.3 cm³/mol. The molecule has 7 heavy (non-hydrogen) atoms. The van der Waals surface area contributed by atoms with Crippen molar-refractivity contribution in [2.75, 3.05) is 0 Å². The van der Waals surface area contributed by atoms with Gasteiger partial charge in [-0.2, -0.15) is 0 Å². The summed E-state index contributed by atoms with van der Waals surface area (Å²) in [5.74, 6) is 0. The van der Waals surface area contributed by atoms with E-state index >= 15 is 0 Å². The summed E-state index contributed by atoms with van der Waals surface area (Å²) in [4.78, 5) is 0. The molecule has 0 radical (unpaired) electrons. The summed E-state index contributed by atoms with van der Waals surface area (Å²) in [5.41, 5.74) is 0. The summed E-state index contributed by atoms with van der Waals surface area (Å²) in [6.45, 7) is 5.78. The average Bonchev–Trinajstić information content (AvgIpc) is 1.61. The van der Waals surface area contributed by atoms with Crippen LogP contribution in [0.25, 0.3) is 0 Å². The van der Waals surface area contributed by atoms with Gasteiger partial charge < -0.3 is 0 Å². The molecule has 0 N–H and O–H groups in total. The van der Waals surface area contributed by atoms with Crippen LogP contribution in [0.5, 0.6) is 0 Å². The van der Waals surface area contributed by atoms with Gasteiger partial charge in [0.25, 0.3) is 0 Å². The van der Waals surface area contributed by atoms with E-state index in [1.807, 2.05) is 6.08 Å². The van der Waals surface area contributed by atoms with Crippen molar-refractivity contribution in [3.05, 3.63) is 12.7 Å². The van der Waals surface area contributed by atoms with Crippen LogP contribution in [0, 0.1) is 0 Å². The summed E-state index contributed by atoms with van der Waals surface area (Å²) in [5, 5.41) is 0. The minimum atomic E-state index is 0. The van der Waals surface area contributed by atoms with Gasteiger partial charge in [0.1, 0.15) is 0 Å². The fourth-order valence-electron chi connectivity index (χ4n) is 0.348. The molecule has 0 fully saturated rings. The van der Waals surface area contributed by atoms with E-state index in [2.05, 4.69) is 13.5 Å². The number of rotatable bonds is 3. The maximum absolute atomic E-state index is 3.60. The number of hydrogen-bond donors (Lipinski definition) is 0. The molecule has 0 aliphatic rings. The first-order chi connectivity index (χ1) is 2.91. The SMILES string of the molecule is C=CCCCC.[CaH2]. The van der Waals surface area contributed by atoms with Gasteiger partial charge in [-0.1, -0.05) is 25.8 Å². The summed E-state index contributed by atoms with van der Waals surface area (Å²) in [6.07, 6.45) is 5.72. The van der Waals surface area contributed by atoms with Crippen molar-refractivity contribution >= 4 is 37.7 Å². The maximum atomic E-state index is 3.60. The first kappa shape index (κ1) is 10.9. The van der Waals surface area contributed by atoms with Crippen LogP contribution in [-0.4, -0.2) is 37.7 Å². The predicted octanol–water partition coefficient (Wildman–Crippen LogP) is 1.45. The molecule has 0 saturated heterocycles. The molecule has 0 spiro atoms. The van der Waals surface area contributed by atoms with Crippen LogP contribution < -0.4 is 0 Å². The van der Waals surface area contributed by atoms with Gasteiger partial charge in [0, 0.05) is 0 Å². The first-order valence-corrected chi connectivity index (χ1v) is 2.52. The third kappa shape index (κ3) is 10.9. The molecule has 0 saturated carbocycles. The van der Waals surface area contributed by atoms with Crippen LogP contribution >= 0.6 is 0 Å². The van der Waals surface area contributed by atoms with E-state index in [4.69, 9.17) is 0 Å². The molecule has 0 aromatic heterocycles. The molecule has 0 aliphatic carbocycles. The zero-order chi connectivity index (χ0) is 4.83. The Morgan fingerprint density at radius 3 is 2.29 bits per heavy atom. The Labute approximate surface area is 76.0 Å². The third-order valence-electron chi connectivity index (χ3n) is 0.762. The Bertz CT molecular complexity index is 33.2. The molecule has 0 unspecified atom stereocenters. The van der Waals surface area contributed by atoms with Crippen LogP contribution in [-0.2, 0) is 0 Å². The Kier molecular flexibility index (Phi) is 15.7. The molecule has 0 nitrogen and oxygen atoms in total. The van der Waals surface area contributed by atoms with Gasteiger partial charge in [0.15, 0.2) is 0 Å². The van der Waals surface area contributed by atoms with Gasteiger partial charge in [-0.15, -0.1) is 6.58 Å². The van der Waals surface area contributed by atoms with Gasteiger partial charge in [-0.25, -0.2) is 0 Å². The topological polar surface area (TPSA) is 0 Å². The standard InChI is InChI=1S/C6H12.Ca.2H/c1-3-5-6-4-2;;;/h3H,1,4-6H2,2H3;;;. The Balaban J connectivity index is 0. The van der Waals surface area contributed by atoms with Crippen molar-refractivity contribution in [1.29, 1.82) is 0 Å². The van der Waals surface area contributed by atoms with Crippen molar-refractivity contribution < 1.29 is 0 Å². The summed E-state index contributed by atoms with van der Waals surface area (Å²) >= 11 is 0. The van der Waals surface area contributed by atoms with E-state index in [1.54, 1.807) is 0 Å². The number of allylic oxidation sites excluding steroid dienone is 1. The van der Waals surface area contributed by atoms with Gasteiger partial charge >= 0.3 is 37.7 Å². The quantitative estimate of drug-likeness (QED) is 0.305. The Morgan fingerprint density at radius 2 is 2.14 bits per heavy atom. The van der Waals surface area contributed by atoms with Gasteiger partial charge in [0.05, 0.1) is 0 Å². The van der Waals surface area contributed by atoms with E-state index in [-0.39, 0.29) is 37.7 Å². The van der Waals surface area contributed by atoms with Gasteiger partial charge in [0.2, 0.25) is 0 Å². The normalized spacial score (nSPS) is 7.00. The number of hydrogen-bond acceptors (Lipinski definition) is 0.